The Balaban J connectivity index is 1.58. The molecule has 0 spiro atoms. The van der Waals surface area contributed by atoms with Crippen molar-refractivity contribution in [1.82, 2.24) is 10.2 Å². The van der Waals surface area contributed by atoms with Gasteiger partial charge in [0.25, 0.3) is 0 Å². The third kappa shape index (κ3) is 4.55. The lowest BCUT2D eigenvalue weighted by Gasteiger charge is -2.33. The number of hydrogen-bond acceptors (Lipinski definition) is 2. The second-order valence-corrected chi connectivity index (χ2v) is 7.01. The van der Waals surface area contributed by atoms with Gasteiger partial charge in [-0.3, -0.25) is 9.69 Å². The molecule has 1 saturated heterocycles. The number of nitrogens with one attached hydrogen (secondary N) is 1. The number of amides is 1. The quantitative estimate of drug-likeness (QED) is 0.878. The van der Waals surface area contributed by atoms with Crippen molar-refractivity contribution in [2.45, 2.75) is 32.0 Å². The summed E-state index contributed by atoms with van der Waals surface area (Å²) < 4.78 is 38.7. The number of hydrogen-bond donors (Lipinski definition) is 1. The van der Waals surface area contributed by atoms with E-state index in [2.05, 4.69) is 5.32 Å². The van der Waals surface area contributed by atoms with E-state index in [1.807, 2.05) is 49.4 Å². The molecule has 1 amide bonds. The number of nitrogens with zero attached hydrogens (tertiary/aromatic N) is 1. The summed E-state index contributed by atoms with van der Waals surface area (Å²) in [5, 5.41) is 5.12. The molecule has 3 nitrogen and oxygen atoms in total. The molecule has 0 unspecified atom stereocenters. The molecular formula is C20H23F3N2O. The second kappa shape index (κ2) is 7.66. The van der Waals surface area contributed by atoms with Crippen molar-refractivity contribution < 1.29 is 18.0 Å². The van der Waals surface area contributed by atoms with Crippen LogP contribution in [-0.2, 0) is 4.79 Å². The van der Waals surface area contributed by atoms with Gasteiger partial charge >= 0.3 is 6.18 Å². The normalized spacial score (nSPS) is 20.1. The van der Waals surface area contributed by atoms with Gasteiger partial charge < -0.3 is 5.32 Å². The van der Waals surface area contributed by atoms with Crippen molar-refractivity contribution in [2.75, 3.05) is 19.6 Å². The average Bonchev–Trinajstić information content (AvgIpc) is 2.60. The molecule has 26 heavy (non-hydrogen) atoms. The standard InChI is InChI=1S/C20H23F3N2O/c1-14(16-9-8-15-5-2-3-6-17(15)11-16)24-19(26)13-25-10-4-7-18(12-25)20(21,22)23/h2-3,5-6,8-9,11,14,18H,4,7,10,12-13H2,1H3,(H,24,26)/t14-,18+/m0/s1. The van der Waals surface area contributed by atoms with E-state index in [4.69, 9.17) is 0 Å². The maximum absolute atomic E-state index is 12.9. The van der Waals surface area contributed by atoms with Crippen LogP contribution in [0.2, 0.25) is 0 Å². The third-order valence-corrected chi connectivity index (χ3v) is 4.99. The maximum atomic E-state index is 12.9. The minimum Gasteiger partial charge on any atom is -0.348 e. The predicted octanol–water partition coefficient (Wildman–Crippen LogP) is 4.29. The Morgan fingerprint density at radius 3 is 2.69 bits per heavy atom. The first kappa shape index (κ1) is 18.7. The van der Waals surface area contributed by atoms with Crippen LogP contribution in [0, 0.1) is 5.92 Å². The number of carbonyl (C=O) groups is 1. The van der Waals surface area contributed by atoms with Crippen molar-refractivity contribution in [3.05, 3.63) is 48.0 Å². The molecular weight excluding hydrogens is 341 g/mol. The van der Waals surface area contributed by atoms with Gasteiger partial charge in [0.05, 0.1) is 18.5 Å². The number of carbonyl (C=O) groups excluding carboxylic acids is 1. The van der Waals surface area contributed by atoms with Crippen molar-refractivity contribution in [3.63, 3.8) is 0 Å². The fourth-order valence-corrected chi connectivity index (χ4v) is 3.52. The van der Waals surface area contributed by atoms with Crippen LogP contribution in [0.5, 0.6) is 0 Å². The van der Waals surface area contributed by atoms with Crippen LogP contribution >= 0.6 is 0 Å². The first-order chi connectivity index (χ1) is 12.3. The Labute approximate surface area is 151 Å². The fraction of sp³-hybridized carbons (Fsp3) is 0.450. The Bertz CT molecular complexity index is 775. The molecule has 1 heterocycles. The zero-order chi connectivity index (χ0) is 18.7. The van der Waals surface area contributed by atoms with Crippen molar-refractivity contribution in [1.29, 1.82) is 0 Å². The number of rotatable bonds is 4. The van der Waals surface area contributed by atoms with Gasteiger partial charge in [-0.05, 0) is 48.7 Å². The lowest BCUT2D eigenvalue weighted by atomic mass is 9.97. The van der Waals surface area contributed by atoms with Crippen LogP contribution in [0.25, 0.3) is 10.8 Å². The summed E-state index contributed by atoms with van der Waals surface area (Å²) in [6.45, 7) is 2.33. The molecule has 6 heteroatoms. The maximum Gasteiger partial charge on any atom is 0.393 e. The molecule has 140 valence electrons. The molecule has 0 saturated carbocycles. The highest BCUT2D eigenvalue weighted by molar-refractivity contribution is 5.83. The molecule has 0 bridgehead atoms. The van der Waals surface area contributed by atoms with E-state index >= 15 is 0 Å². The van der Waals surface area contributed by atoms with Crippen LogP contribution in [0.3, 0.4) is 0 Å². The van der Waals surface area contributed by atoms with Crippen LogP contribution in [0.1, 0.15) is 31.4 Å². The zero-order valence-corrected chi connectivity index (χ0v) is 14.7. The summed E-state index contributed by atoms with van der Waals surface area (Å²) >= 11 is 0. The lowest BCUT2D eigenvalue weighted by Crippen LogP contribution is -2.46. The number of fused-ring (bicyclic) bond motifs is 1. The van der Waals surface area contributed by atoms with Gasteiger partial charge in [0.2, 0.25) is 5.91 Å². The Hall–Kier alpha value is -2.08. The van der Waals surface area contributed by atoms with Crippen LogP contribution in [0.4, 0.5) is 13.2 Å². The van der Waals surface area contributed by atoms with Gasteiger partial charge in [-0.15, -0.1) is 0 Å². The van der Waals surface area contributed by atoms with Gasteiger partial charge in [-0.2, -0.15) is 13.2 Å². The first-order valence-corrected chi connectivity index (χ1v) is 8.90. The minimum absolute atomic E-state index is 0.00447. The zero-order valence-electron chi connectivity index (χ0n) is 14.7. The Morgan fingerprint density at radius 1 is 1.23 bits per heavy atom. The number of alkyl halides is 3. The Morgan fingerprint density at radius 2 is 1.96 bits per heavy atom. The molecule has 0 aromatic heterocycles. The Kier molecular flexibility index (Phi) is 5.51. The molecule has 1 aliphatic heterocycles. The van der Waals surface area contributed by atoms with Gasteiger partial charge in [-0.25, -0.2) is 0 Å². The van der Waals surface area contributed by atoms with E-state index in [-0.39, 0.29) is 31.5 Å². The molecule has 1 N–H and O–H groups in total. The summed E-state index contributed by atoms with van der Waals surface area (Å²) in [7, 11) is 0. The van der Waals surface area contributed by atoms with E-state index in [0.717, 1.165) is 16.3 Å². The molecule has 0 aliphatic carbocycles. The summed E-state index contributed by atoms with van der Waals surface area (Å²) in [4.78, 5) is 13.9. The lowest BCUT2D eigenvalue weighted by molar-refractivity contribution is -0.187. The van der Waals surface area contributed by atoms with E-state index in [1.165, 1.54) is 0 Å². The number of likely N-dealkylation sites (tertiary alicyclic amines) is 1. The second-order valence-electron chi connectivity index (χ2n) is 7.01. The minimum atomic E-state index is -4.19. The summed E-state index contributed by atoms with van der Waals surface area (Å²) in [6, 6.07) is 13.8. The SMILES string of the molecule is C[C@H](NC(=O)CN1CCC[C@@H](C(F)(F)F)C1)c1ccc2ccccc2c1. The van der Waals surface area contributed by atoms with Gasteiger partial charge in [0, 0.05) is 6.54 Å². The summed E-state index contributed by atoms with van der Waals surface area (Å²) in [5.74, 6) is -1.57. The third-order valence-electron chi connectivity index (χ3n) is 4.99. The first-order valence-electron chi connectivity index (χ1n) is 8.90. The number of piperidine rings is 1. The van der Waals surface area contributed by atoms with Crippen LogP contribution in [0.15, 0.2) is 42.5 Å². The number of halogens is 3. The summed E-state index contributed by atoms with van der Waals surface area (Å²) in [6.07, 6.45) is -3.57. The van der Waals surface area contributed by atoms with E-state index in [9.17, 15) is 18.0 Å². The highest BCUT2D eigenvalue weighted by Gasteiger charge is 2.41. The van der Waals surface area contributed by atoms with Gasteiger partial charge in [-0.1, -0.05) is 36.4 Å². The van der Waals surface area contributed by atoms with Gasteiger partial charge in [0.1, 0.15) is 0 Å². The number of benzene rings is 2. The predicted molar refractivity (Wildman–Crippen MR) is 95.7 cm³/mol. The van der Waals surface area contributed by atoms with Crippen LogP contribution < -0.4 is 5.32 Å². The average molecular weight is 364 g/mol. The molecule has 2 atom stereocenters. The fourth-order valence-electron chi connectivity index (χ4n) is 3.52. The largest absolute Gasteiger partial charge is 0.393 e. The van der Waals surface area contributed by atoms with E-state index in [1.54, 1.807) is 4.90 Å². The summed E-state index contributed by atoms with van der Waals surface area (Å²) in [5.41, 5.74) is 0.976. The topological polar surface area (TPSA) is 32.3 Å². The molecule has 2 aromatic rings. The molecule has 3 rings (SSSR count). The molecule has 1 aliphatic rings. The highest BCUT2D eigenvalue weighted by atomic mass is 19.4. The molecule has 0 radical (unpaired) electrons. The molecule has 2 aromatic carbocycles. The van der Waals surface area contributed by atoms with Gasteiger partial charge in [0.15, 0.2) is 0 Å². The smallest absolute Gasteiger partial charge is 0.348 e. The van der Waals surface area contributed by atoms with Crippen molar-refractivity contribution >= 4 is 16.7 Å². The molecule has 1 fully saturated rings. The van der Waals surface area contributed by atoms with E-state index in [0.29, 0.717) is 13.0 Å². The highest BCUT2D eigenvalue weighted by Crippen LogP contribution is 2.33. The van der Waals surface area contributed by atoms with Crippen LogP contribution in [-0.4, -0.2) is 36.6 Å². The van der Waals surface area contributed by atoms with Crippen molar-refractivity contribution in [2.24, 2.45) is 5.92 Å². The van der Waals surface area contributed by atoms with E-state index < -0.39 is 12.1 Å². The monoisotopic (exact) mass is 364 g/mol. The van der Waals surface area contributed by atoms with Crippen molar-refractivity contribution in [3.8, 4) is 0 Å².